The first-order valence-electron chi connectivity index (χ1n) is 4.83. The Labute approximate surface area is 103 Å². The van der Waals surface area contributed by atoms with Crippen LogP contribution in [0.4, 0.5) is 15.9 Å². The van der Waals surface area contributed by atoms with E-state index in [2.05, 4.69) is 20.6 Å². The topological polar surface area (TPSA) is 49.8 Å². The highest BCUT2D eigenvalue weighted by Crippen LogP contribution is 2.08. The number of rotatable bonds is 2. The van der Waals surface area contributed by atoms with Gasteiger partial charge in [0.05, 0.1) is 6.20 Å². The van der Waals surface area contributed by atoms with Crippen LogP contribution in [-0.4, -0.2) is 15.1 Å². The van der Waals surface area contributed by atoms with Crippen molar-refractivity contribution < 1.29 is 4.39 Å². The summed E-state index contributed by atoms with van der Waals surface area (Å²) in [6.07, 6.45) is 4.68. The molecule has 0 unspecified atom stereocenters. The van der Waals surface area contributed by atoms with Crippen LogP contribution in [0.25, 0.3) is 0 Å². The van der Waals surface area contributed by atoms with Crippen LogP contribution in [0.5, 0.6) is 0 Å². The van der Waals surface area contributed by atoms with Gasteiger partial charge >= 0.3 is 0 Å². The summed E-state index contributed by atoms with van der Waals surface area (Å²) in [7, 11) is 0. The van der Waals surface area contributed by atoms with Crippen molar-refractivity contribution in [3.8, 4) is 0 Å². The van der Waals surface area contributed by atoms with E-state index in [-0.39, 0.29) is 5.82 Å². The number of nitrogens with zero attached hydrogens (tertiary/aromatic N) is 2. The fourth-order valence-electron chi connectivity index (χ4n) is 1.18. The van der Waals surface area contributed by atoms with Gasteiger partial charge in [0.25, 0.3) is 0 Å². The van der Waals surface area contributed by atoms with Gasteiger partial charge in [0.1, 0.15) is 5.82 Å². The maximum atomic E-state index is 12.7. The molecule has 1 heterocycles. The van der Waals surface area contributed by atoms with Crippen LogP contribution in [-0.2, 0) is 0 Å². The fraction of sp³-hybridized carbons (Fsp3) is 0. The van der Waals surface area contributed by atoms with Gasteiger partial charge in [-0.2, -0.15) is 0 Å². The van der Waals surface area contributed by atoms with Gasteiger partial charge < -0.3 is 10.6 Å². The number of hydrogen-bond acceptors (Lipinski definition) is 3. The lowest BCUT2D eigenvalue weighted by molar-refractivity contribution is 0.628. The van der Waals surface area contributed by atoms with Crippen molar-refractivity contribution in [1.82, 2.24) is 9.97 Å². The molecule has 1 aromatic carbocycles. The zero-order valence-corrected chi connectivity index (χ0v) is 9.54. The Morgan fingerprint density at radius 2 is 1.88 bits per heavy atom. The van der Waals surface area contributed by atoms with Crippen molar-refractivity contribution in [2.75, 3.05) is 10.6 Å². The fourth-order valence-corrected chi connectivity index (χ4v) is 1.40. The molecule has 4 nitrogen and oxygen atoms in total. The molecule has 2 N–H and O–H groups in total. The van der Waals surface area contributed by atoms with Crippen LogP contribution >= 0.6 is 12.2 Å². The smallest absolute Gasteiger partial charge is 0.176 e. The lowest BCUT2D eigenvalue weighted by atomic mass is 10.3. The first-order chi connectivity index (χ1) is 8.24. The lowest BCUT2D eigenvalue weighted by Gasteiger charge is -2.09. The van der Waals surface area contributed by atoms with Crippen LogP contribution in [0.2, 0.25) is 0 Å². The molecule has 0 saturated carbocycles. The van der Waals surface area contributed by atoms with Crippen LogP contribution in [0, 0.1) is 5.82 Å². The molecule has 2 aromatic rings. The third kappa shape index (κ3) is 3.46. The van der Waals surface area contributed by atoms with Gasteiger partial charge in [0.15, 0.2) is 10.9 Å². The number of aromatic nitrogens is 2. The summed E-state index contributed by atoms with van der Waals surface area (Å²) >= 11 is 5.07. The van der Waals surface area contributed by atoms with Crippen LogP contribution in [0.3, 0.4) is 0 Å². The predicted octanol–water partition coefficient (Wildman–Crippen LogP) is 2.42. The molecular weight excluding hydrogens is 239 g/mol. The average molecular weight is 248 g/mol. The van der Waals surface area contributed by atoms with Crippen LogP contribution in [0.1, 0.15) is 0 Å². The van der Waals surface area contributed by atoms with E-state index in [1.807, 2.05) is 0 Å². The Morgan fingerprint density at radius 3 is 2.53 bits per heavy atom. The van der Waals surface area contributed by atoms with Gasteiger partial charge in [0.2, 0.25) is 0 Å². The number of halogens is 1. The van der Waals surface area contributed by atoms with E-state index in [0.29, 0.717) is 16.6 Å². The summed E-state index contributed by atoms with van der Waals surface area (Å²) in [5.74, 6) is 0.260. The number of anilines is 2. The zero-order valence-electron chi connectivity index (χ0n) is 8.72. The predicted molar refractivity (Wildman–Crippen MR) is 68.3 cm³/mol. The lowest BCUT2D eigenvalue weighted by Crippen LogP contribution is -2.19. The Morgan fingerprint density at radius 1 is 1.12 bits per heavy atom. The number of nitrogens with one attached hydrogen (secondary N) is 2. The SMILES string of the molecule is Fc1ccc(NC(=S)Nc2cnccn2)cc1. The highest BCUT2D eigenvalue weighted by atomic mass is 32.1. The minimum atomic E-state index is -0.289. The van der Waals surface area contributed by atoms with E-state index in [0.717, 1.165) is 0 Å². The third-order valence-corrected chi connectivity index (χ3v) is 2.11. The molecular formula is C11H9FN4S. The zero-order chi connectivity index (χ0) is 12.1. The Balaban J connectivity index is 1.96. The first kappa shape index (κ1) is 11.4. The second-order valence-electron chi connectivity index (χ2n) is 3.18. The molecule has 17 heavy (non-hydrogen) atoms. The molecule has 2 rings (SSSR count). The summed E-state index contributed by atoms with van der Waals surface area (Å²) in [5, 5.41) is 6.13. The maximum Gasteiger partial charge on any atom is 0.176 e. The Hall–Kier alpha value is -2.08. The van der Waals surface area contributed by atoms with E-state index in [1.54, 1.807) is 30.7 Å². The van der Waals surface area contributed by atoms with Gasteiger partial charge in [-0.05, 0) is 36.5 Å². The van der Waals surface area contributed by atoms with Crippen molar-refractivity contribution in [2.24, 2.45) is 0 Å². The quantitative estimate of drug-likeness (QED) is 0.799. The Kier molecular flexibility index (Phi) is 3.56. The van der Waals surface area contributed by atoms with Gasteiger partial charge in [-0.25, -0.2) is 9.37 Å². The molecule has 0 saturated heterocycles. The minimum absolute atomic E-state index is 0.289. The summed E-state index contributed by atoms with van der Waals surface area (Å²) in [6.45, 7) is 0. The second kappa shape index (κ2) is 5.31. The standard InChI is InChI=1S/C11H9FN4S/c12-8-1-3-9(4-2-8)15-11(17)16-10-7-13-5-6-14-10/h1-7H,(H2,14,15,16,17). The summed E-state index contributed by atoms with van der Waals surface area (Å²) in [6, 6.07) is 5.90. The van der Waals surface area contributed by atoms with Crippen molar-refractivity contribution in [1.29, 1.82) is 0 Å². The van der Waals surface area contributed by atoms with E-state index in [4.69, 9.17) is 12.2 Å². The van der Waals surface area contributed by atoms with Gasteiger partial charge in [0, 0.05) is 18.1 Å². The normalized spacial score (nSPS) is 9.71. The summed E-state index contributed by atoms with van der Waals surface area (Å²) < 4.78 is 12.7. The minimum Gasteiger partial charge on any atom is -0.332 e. The van der Waals surface area contributed by atoms with Gasteiger partial charge in [-0.15, -0.1) is 0 Å². The molecule has 86 valence electrons. The van der Waals surface area contributed by atoms with Crippen molar-refractivity contribution in [3.05, 3.63) is 48.7 Å². The molecule has 0 spiro atoms. The van der Waals surface area contributed by atoms with E-state index in [9.17, 15) is 4.39 Å². The largest absolute Gasteiger partial charge is 0.332 e. The molecule has 0 bridgehead atoms. The van der Waals surface area contributed by atoms with Crippen LogP contribution < -0.4 is 10.6 Å². The number of hydrogen-bond donors (Lipinski definition) is 2. The number of benzene rings is 1. The van der Waals surface area contributed by atoms with E-state index in [1.165, 1.54) is 12.1 Å². The summed E-state index contributed by atoms with van der Waals surface area (Å²) in [5.41, 5.74) is 0.702. The molecule has 0 fully saturated rings. The molecule has 6 heteroatoms. The highest BCUT2D eigenvalue weighted by molar-refractivity contribution is 7.80. The molecule has 0 amide bonds. The van der Waals surface area contributed by atoms with Crippen LogP contribution in [0.15, 0.2) is 42.9 Å². The van der Waals surface area contributed by atoms with Crippen molar-refractivity contribution in [3.63, 3.8) is 0 Å². The molecule has 0 aliphatic carbocycles. The third-order valence-electron chi connectivity index (χ3n) is 1.91. The van der Waals surface area contributed by atoms with E-state index >= 15 is 0 Å². The van der Waals surface area contributed by atoms with Crippen molar-refractivity contribution in [2.45, 2.75) is 0 Å². The Bertz CT molecular complexity index is 501. The number of thiocarbonyl (C=S) groups is 1. The maximum absolute atomic E-state index is 12.7. The highest BCUT2D eigenvalue weighted by Gasteiger charge is 1.99. The molecule has 0 aliphatic rings. The van der Waals surface area contributed by atoms with Gasteiger partial charge in [-0.1, -0.05) is 0 Å². The summed E-state index contributed by atoms with van der Waals surface area (Å²) in [4.78, 5) is 7.91. The average Bonchev–Trinajstić information content (AvgIpc) is 2.33. The molecule has 0 radical (unpaired) electrons. The van der Waals surface area contributed by atoms with Gasteiger partial charge in [-0.3, -0.25) is 4.98 Å². The van der Waals surface area contributed by atoms with E-state index < -0.39 is 0 Å². The second-order valence-corrected chi connectivity index (χ2v) is 3.58. The molecule has 0 atom stereocenters. The molecule has 0 aliphatic heterocycles. The molecule has 1 aromatic heterocycles. The monoisotopic (exact) mass is 248 g/mol. The first-order valence-corrected chi connectivity index (χ1v) is 5.24. The van der Waals surface area contributed by atoms with Crippen molar-refractivity contribution >= 4 is 28.8 Å².